The molecule has 0 radical (unpaired) electrons. The van der Waals surface area contributed by atoms with Gasteiger partial charge in [-0.25, -0.2) is 0 Å². The Morgan fingerprint density at radius 1 is 1.69 bits per heavy atom. The quantitative estimate of drug-likeness (QED) is 0.640. The van der Waals surface area contributed by atoms with E-state index in [1.165, 1.54) is 18.6 Å². The van der Waals surface area contributed by atoms with E-state index in [9.17, 15) is 4.79 Å². The van der Waals surface area contributed by atoms with E-state index in [1.54, 1.807) is 0 Å². The second-order valence-corrected chi connectivity index (χ2v) is 4.44. The first-order valence-electron chi connectivity index (χ1n) is 4.62. The summed E-state index contributed by atoms with van der Waals surface area (Å²) in [5.74, 6) is 2.26. The van der Waals surface area contributed by atoms with E-state index in [2.05, 4.69) is 16.6 Å². The van der Waals surface area contributed by atoms with Crippen LogP contribution in [0.2, 0.25) is 0 Å². The van der Waals surface area contributed by atoms with Crippen LogP contribution in [-0.2, 0) is 9.53 Å². The largest absolute Gasteiger partial charge is 0.469 e. The number of esters is 1. The Balaban J connectivity index is 2.22. The summed E-state index contributed by atoms with van der Waals surface area (Å²) in [7, 11) is 1.44. The minimum absolute atomic E-state index is 0.106. The van der Waals surface area contributed by atoms with Gasteiger partial charge in [0.15, 0.2) is 0 Å². The van der Waals surface area contributed by atoms with Crippen molar-refractivity contribution in [2.75, 3.05) is 31.7 Å². The van der Waals surface area contributed by atoms with Gasteiger partial charge in [-0.3, -0.25) is 9.69 Å². The molecule has 0 spiro atoms. The average molecular weight is 203 g/mol. The number of ether oxygens (including phenoxy) is 1. The molecule has 0 amide bonds. The van der Waals surface area contributed by atoms with E-state index >= 15 is 0 Å². The van der Waals surface area contributed by atoms with Gasteiger partial charge in [-0.05, 0) is 6.92 Å². The van der Waals surface area contributed by atoms with Gasteiger partial charge in [0, 0.05) is 30.6 Å². The molecule has 0 N–H and O–H groups in total. The van der Waals surface area contributed by atoms with E-state index in [0.29, 0.717) is 12.5 Å². The van der Waals surface area contributed by atoms with Crippen LogP contribution in [0.25, 0.3) is 0 Å². The fraction of sp³-hybridized carbons (Fsp3) is 0.889. The van der Waals surface area contributed by atoms with Crippen LogP contribution in [0.5, 0.6) is 0 Å². The number of carbonyl (C=O) groups excluding carboxylic acids is 1. The van der Waals surface area contributed by atoms with Gasteiger partial charge >= 0.3 is 5.97 Å². The van der Waals surface area contributed by atoms with E-state index < -0.39 is 0 Å². The molecule has 13 heavy (non-hydrogen) atoms. The third-order valence-corrected chi connectivity index (χ3v) is 3.53. The maximum atomic E-state index is 10.9. The molecule has 1 aliphatic rings. The molecule has 1 fully saturated rings. The molecule has 0 aromatic heterocycles. The summed E-state index contributed by atoms with van der Waals surface area (Å²) < 4.78 is 4.61. The Kier molecular flexibility index (Phi) is 4.59. The molecule has 1 heterocycles. The van der Waals surface area contributed by atoms with Crippen molar-refractivity contribution >= 4 is 17.7 Å². The van der Waals surface area contributed by atoms with Gasteiger partial charge in [0.05, 0.1) is 13.5 Å². The highest BCUT2D eigenvalue weighted by Gasteiger charge is 2.18. The number of nitrogens with zero attached hydrogens (tertiary/aromatic N) is 1. The second-order valence-electron chi connectivity index (χ2n) is 3.29. The Hall–Kier alpha value is -0.220. The molecule has 0 aromatic rings. The van der Waals surface area contributed by atoms with Crippen LogP contribution in [0.1, 0.15) is 13.3 Å². The highest BCUT2D eigenvalue weighted by molar-refractivity contribution is 7.99. The minimum atomic E-state index is -0.106. The third kappa shape index (κ3) is 3.56. The van der Waals surface area contributed by atoms with Crippen molar-refractivity contribution in [1.82, 2.24) is 4.90 Å². The van der Waals surface area contributed by atoms with Crippen LogP contribution in [0.15, 0.2) is 0 Å². The molecule has 0 bridgehead atoms. The van der Waals surface area contributed by atoms with Crippen molar-refractivity contribution in [1.29, 1.82) is 0 Å². The van der Waals surface area contributed by atoms with Crippen LogP contribution in [0.3, 0.4) is 0 Å². The molecule has 76 valence electrons. The maximum absolute atomic E-state index is 10.9. The van der Waals surface area contributed by atoms with E-state index in [0.717, 1.165) is 13.1 Å². The maximum Gasteiger partial charge on any atom is 0.306 e. The lowest BCUT2D eigenvalue weighted by Crippen LogP contribution is -2.41. The summed E-state index contributed by atoms with van der Waals surface area (Å²) in [5.41, 5.74) is 0. The smallest absolute Gasteiger partial charge is 0.306 e. The van der Waals surface area contributed by atoms with Crippen molar-refractivity contribution in [2.24, 2.45) is 0 Å². The Morgan fingerprint density at radius 3 is 3.08 bits per heavy atom. The molecule has 1 rings (SSSR count). The van der Waals surface area contributed by atoms with Crippen molar-refractivity contribution in [3.8, 4) is 0 Å². The average Bonchev–Trinajstić information content (AvgIpc) is 2.16. The number of hydrogen-bond acceptors (Lipinski definition) is 4. The van der Waals surface area contributed by atoms with Crippen molar-refractivity contribution in [2.45, 2.75) is 19.4 Å². The van der Waals surface area contributed by atoms with Crippen molar-refractivity contribution in [3.63, 3.8) is 0 Å². The highest BCUT2D eigenvalue weighted by Crippen LogP contribution is 2.15. The fourth-order valence-electron chi connectivity index (χ4n) is 1.43. The number of thioether (sulfide) groups is 1. The van der Waals surface area contributed by atoms with E-state index in [4.69, 9.17) is 0 Å². The molecule has 0 aromatic carbocycles. The summed E-state index contributed by atoms with van der Waals surface area (Å²) in [6, 6.07) is 0.600. The molecular weight excluding hydrogens is 186 g/mol. The summed E-state index contributed by atoms with van der Waals surface area (Å²) in [6.07, 6.45) is 0.519. The van der Waals surface area contributed by atoms with Gasteiger partial charge in [0.25, 0.3) is 0 Å². The predicted molar refractivity (Wildman–Crippen MR) is 55.0 cm³/mol. The van der Waals surface area contributed by atoms with Gasteiger partial charge in [0.1, 0.15) is 0 Å². The van der Waals surface area contributed by atoms with Gasteiger partial charge in [0.2, 0.25) is 0 Å². The van der Waals surface area contributed by atoms with E-state index in [-0.39, 0.29) is 5.97 Å². The number of rotatable bonds is 3. The first-order chi connectivity index (χ1) is 6.24. The summed E-state index contributed by atoms with van der Waals surface area (Å²) in [6.45, 7) is 4.15. The zero-order valence-corrected chi connectivity index (χ0v) is 9.10. The van der Waals surface area contributed by atoms with Gasteiger partial charge in [-0.1, -0.05) is 0 Å². The lowest BCUT2D eigenvalue weighted by molar-refractivity contribution is -0.141. The SMILES string of the molecule is COC(=O)CCN1CCSCC1C. The van der Waals surface area contributed by atoms with Gasteiger partial charge < -0.3 is 4.74 Å². The first kappa shape index (κ1) is 10.9. The molecular formula is C9H17NO2S. The highest BCUT2D eigenvalue weighted by atomic mass is 32.2. The summed E-state index contributed by atoms with van der Waals surface area (Å²) in [4.78, 5) is 13.3. The van der Waals surface area contributed by atoms with Crippen molar-refractivity contribution < 1.29 is 9.53 Å². The van der Waals surface area contributed by atoms with Crippen LogP contribution < -0.4 is 0 Å². The zero-order chi connectivity index (χ0) is 9.68. The second kappa shape index (κ2) is 5.50. The zero-order valence-electron chi connectivity index (χ0n) is 8.28. The van der Waals surface area contributed by atoms with E-state index in [1.807, 2.05) is 11.8 Å². The molecule has 1 saturated heterocycles. The normalized spacial score (nSPS) is 24.3. The van der Waals surface area contributed by atoms with Crippen molar-refractivity contribution in [3.05, 3.63) is 0 Å². The Labute approximate surface area is 83.8 Å². The third-order valence-electron chi connectivity index (χ3n) is 2.34. The Bertz CT molecular complexity index is 175. The monoisotopic (exact) mass is 203 g/mol. The molecule has 0 saturated carbocycles. The minimum Gasteiger partial charge on any atom is -0.469 e. The van der Waals surface area contributed by atoms with Crippen LogP contribution in [0.4, 0.5) is 0 Å². The molecule has 3 nitrogen and oxygen atoms in total. The molecule has 1 unspecified atom stereocenters. The summed E-state index contributed by atoms with van der Waals surface area (Å²) >= 11 is 1.99. The number of methoxy groups -OCH3 is 1. The molecule has 1 atom stereocenters. The lowest BCUT2D eigenvalue weighted by atomic mass is 10.3. The topological polar surface area (TPSA) is 29.5 Å². The van der Waals surface area contributed by atoms with Gasteiger partial charge in [-0.2, -0.15) is 11.8 Å². The van der Waals surface area contributed by atoms with Crippen LogP contribution in [-0.4, -0.2) is 48.6 Å². The standard InChI is InChI=1S/C9H17NO2S/c1-8-7-13-6-5-10(8)4-3-9(11)12-2/h8H,3-7H2,1-2H3. The predicted octanol–water partition coefficient (Wildman–Crippen LogP) is 0.987. The Morgan fingerprint density at radius 2 is 2.46 bits per heavy atom. The van der Waals surface area contributed by atoms with Gasteiger partial charge in [-0.15, -0.1) is 0 Å². The fourth-order valence-corrected chi connectivity index (χ4v) is 2.51. The number of carbonyl (C=O) groups is 1. The summed E-state index contributed by atoms with van der Waals surface area (Å²) in [5, 5.41) is 0. The lowest BCUT2D eigenvalue weighted by Gasteiger charge is -2.32. The molecule has 4 heteroatoms. The molecule has 0 aliphatic carbocycles. The first-order valence-corrected chi connectivity index (χ1v) is 5.78. The van der Waals surface area contributed by atoms with Crippen LogP contribution in [0, 0.1) is 0 Å². The van der Waals surface area contributed by atoms with Crippen LogP contribution >= 0.6 is 11.8 Å². The number of hydrogen-bond donors (Lipinski definition) is 0. The molecule has 1 aliphatic heterocycles.